The lowest BCUT2D eigenvalue weighted by Gasteiger charge is -2.12. The van der Waals surface area contributed by atoms with Crippen LogP contribution in [-0.4, -0.2) is 21.7 Å². The zero-order valence-corrected chi connectivity index (χ0v) is 19.4. The van der Waals surface area contributed by atoms with Crippen molar-refractivity contribution in [2.75, 3.05) is 5.32 Å². The first kappa shape index (κ1) is 24.7. The summed E-state index contributed by atoms with van der Waals surface area (Å²) in [4.78, 5) is 32.5. The number of benzene rings is 2. The molecule has 6 nitrogen and oxygen atoms in total. The predicted octanol–water partition coefficient (Wildman–Crippen LogP) is 5.95. The van der Waals surface area contributed by atoms with Gasteiger partial charge in [-0.25, -0.2) is 9.97 Å². The predicted molar refractivity (Wildman–Crippen MR) is 124 cm³/mol. The van der Waals surface area contributed by atoms with Gasteiger partial charge in [-0.15, -0.1) is 0 Å². The molecule has 0 bridgehead atoms. The Hall–Kier alpha value is -3.46. The van der Waals surface area contributed by atoms with E-state index in [0.717, 1.165) is 30.5 Å². The Kier molecular flexibility index (Phi) is 7.07. The van der Waals surface area contributed by atoms with Crippen LogP contribution in [0.3, 0.4) is 0 Å². The first-order chi connectivity index (χ1) is 16.6. The van der Waals surface area contributed by atoms with Gasteiger partial charge in [0.15, 0.2) is 0 Å². The Bertz CT molecular complexity index is 1280. The second kappa shape index (κ2) is 10.0. The Morgan fingerprint density at radius 2 is 1.74 bits per heavy atom. The minimum absolute atomic E-state index is 0.0400. The minimum Gasteiger partial charge on any atom is -0.439 e. The molecular formula is C25H21ClF3N3O3. The summed E-state index contributed by atoms with van der Waals surface area (Å²) in [6, 6.07) is 10.2. The lowest BCUT2D eigenvalue weighted by molar-refractivity contribution is -0.137. The summed E-state index contributed by atoms with van der Waals surface area (Å²) in [6.07, 6.45) is -1.63. The summed E-state index contributed by atoms with van der Waals surface area (Å²) >= 11 is 5.64. The largest absolute Gasteiger partial charge is 0.439 e. The van der Waals surface area contributed by atoms with Crippen molar-refractivity contribution in [3.05, 3.63) is 76.1 Å². The van der Waals surface area contributed by atoms with Crippen LogP contribution in [0.5, 0.6) is 11.6 Å². The Morgan fingerprint density at radius 3 is 2.40 bits per heavy atom. The lowest BCUT2D eigenvalue weighted by atomic mass is 10.00. The van der Waals surface area contributed by atoms with Gasteiger partial charge in [0.1, 0.15) is 23.7 Å². The number of alkyl halides is 3. The SMILES string of the molecule is Cc1cc(CC(=O)Cc2ccc(Cl)c(C(F)(F)F)c2)ccc1Oc1cc(NC(=O)C2CC2)ncn1. The smallest absolute Gasteiger partial charge is 0.417 e. The van der Waals surface area contributed by atoms with Crippen molar-refractivity contribution in [1.29, 1.82) is 0 Å². The van der Waals surface area contributed by atoms with Gasteiger partial charge in [-0.2, -0.15) is 13.2 Å². The molecule has 0 aliphatic heterocycles. The van der Waals surface area contributed by atoms with Crippen molar-refractivity contribution in [1.82, 2.24) is 9.97 Å². The van der Waals surface area contributed by atoms with Crippen LogP contribution < -0.4 is 10.1 Å². The first-order valence-electron chi connectivity index (χ1n) is 10.9. The number of nitrogens with one attached hydrogen (secondary N) is 1. The zero-order chi connectivity index (χ0) is 25.2. The van der Waals surface area contributed by atoms with E-state index in [4.69, 9.17) is 16.3 Å². The van der Waals surface area contributed by atoms with Crippen LogP contribution in [0.4, 0.5) is 19.0 Å². The third-order valence-electron chi connectivity index (χ3n) is 5.43. The standard InChI is InChI=1S/C25H21ClF3N3O3/c1-14-8-15(9-18(33)10-16-2-6-20(26)19(11-16)25(27,28)29)3-7-21(14)35-23-12-22(30-13-31-23)32-24(34)17-4-5-17/h2-3,6-8,11-13,17H,4-5,9-10H2,1H3,(H,30,31,32,34). The van der Waals surface area contributed by atoms with Crippen LogP contribution in [-0.2, 0) is 28.6 Å². The molecular weight excluding hydrogens is 483 g/mol. The Labute approximate surface area is 204 Å². The fourth-order valence-corrected chi connectivity index (χ4v) is 3.73. The molecule has 3 aromatic rings. The molecule has 0 radical (unpaired) electrons. The number of nitrogens with zero attached hydrogens (tertiary/aromatic N) is 2. The van der Waals surface area contributed by atoms with Gasteiger partial charge in [-0.1, -0.05) is 29.8 Å². The molecule has 1 fully saturated rings. The molecule has 0 atom stereocenters. The highest BCUT2D eigenvalue weighted by Gasteiger charge is 2.33. The summed E-state index contributed by atoms with van der Waals surface area (Å²) in [7, 11) is 0. The third-order valence-corrected chi connectivity index (χ3v) is 5.76. The number of rotatable bonds is 8. The van der Waals surface area contributed by atoms with Crippen molar-refractivity contribution in [2.45, 2.75) is 38.8 Å². The van der Waals surface area contributed by atoms with E-state index < -0.39 is 16.8 Å². The molecule has 35 heavy (non-hydrogen) atoms. The van der Waals surface area contributed by atoms with Crippen LogP contribution in [0, 0.1) is 12.8 Å². The summed E-state index contributed by atoms with van der Waals surface area (Å²) < 4.78 is 45.0. The summed E-state index contributed by atoms with van der Waals surface area (Å²) in [5, 5.41) is 2.33. The van der Waals surface area contributed by atoms with Crippen molar-refractivity contribution in [3.63, 3.8) is 0 Å². The number of Topliss-reactive ketones (excluding diaryl/α,β-unsaturated/α-hetero) is 1. The number of aryl methyl sites for hydroxylation is 1. The second-order valence-corrected chi connectivity index (χ2v) is 8.82. The second-order valence-electron chi connectivity index (χ2n) is 8.41. The number of ketones is 1. The number of carbonyl (C=O) groups excluding carboxylic acids is 2. The van der Waals surface area contributed by atoms with Crippen molar-refractivity contribution in [2.24, 2.45) is 5.92 Å². The molecule has 182 valence electrons. The lowest BCUT2D eigenvalue weighted by Crippen LogP contribution is -2.14. The van der Waals surface area contributed by atoms with E-state index in [1.54, 1.807) is 25.1 Å². The first-order valence-corrected chi connectivity index (χ1v) is 11.2. The molecule has 0 spiro atoms. The molecule has 1 aliphatic carbocycles. The van der Waals surface area contributed by atoms with Gasteiger partial charge in [0, 0.05) is 24.8 Å². The van der Waals surface area contributed by atoms with Gasteiger partial charge in [0.05, 0.1) is 10.6 Å². The average Bonchev–Trinajstić information content (AvgIpc) is 3.62. The molecule has 1 N–H and O–H groups in total. The fraction of sp³-hybridized carbons (Fsp3) is 0.280. The average molecular weight is 504 g/mol. The molecule has 0 unspecified atom stereocenters. The molecule has 1 aromatic heterocycles. The zero-order valence-electron chi connectivity index (χ0n) is 18.7. The normalized spacial score (nSPS) is 13.4. The monoisotopic (exact) mass is 503 g/mol. The highest BCUT2D eigenvalue weighted by Crippen LogP contribution is 2.35. The molecule has 0 saturated heterocycles. The van der Waals surface area contributed by atoms with Crippen molar-refractivity contribution >= 4 is 29.1 Å². The van der Waals surface area contributed by atoms with Crippen LogP contribution in [0.15, 0.2) is 48.8 Å². The van der Waals surface area contributed by atoms with E-state index in [1.165, 1.54) is 18.5 Å². The van der Waals surface area contributed by atoms with Crippen molar-refractivity contribution in [3.8, 4) is 11.6 Å². The quantitative estimate of drug-likeness (QED) is 0.410. The van der Waals surface area contributed by atoms with Gasteiger partial charge in [-0.05, 0) is 54.7 Å². The summed E-state index contributed by atoms with van der Waals surface area (Å²) in [5.74, 6) is 0.836. The van der Waals surface area contributed by atoms with Gasteiger partial charge in [-0.3, -0.25) is 9.59 Å². The molecule has 4 rings (SSSR count). The number of anilines is 1. The number of hydrogen-bond acceptors (Lipinski definition) is 5. The highest BCUT2D eigenvalue weighted by atomic mass is 35.5. The van der Waals surface area contributed by atoms with Gasteiger partial charge in [0.25, 0.3) is 0 Å². The molecule has 1 heterocycles. The van der Waals surface area contributed by atoms with Crippen LogP contribution in [0.1, 0.15) is 35.1 Å². The van der Waals surface area contributed by atoms with Gasteiger partial charge < -0.3 is 10.1 Å². The molecule has 1 saturated carbocycles. The number of hydrogen-bond donors (Lipinski definition) is 1. The van der Waals surface area contributed by atoms with Crippen LogP contribution in [0.25, 0.3) is 0 Å². The Morgan fingerprint density at radius 1 is 1.06 bits per heavy atom. The highest BCUT2D eigenvalue weighted by molar-refractivity contribution is 6.31. The number of halogens is 4. The van der Waals surface area contributed by atoms with Gasteiger partial charge in [0.2, 0.25) is 11.8 Å². The fourth-order valence-electron chi connectivity index (χ4n) is 3.50. The van der Waals surface area contributed by atoms with E-state index in [9.17, 15) is 22.8 Å². The van der Waals surface area contributed by atoms with Gasteiger partial charge >= 0.3 is 6.18 Å². The molecule has 2 aromatic carbocycles. The van der Waals surface area contributed by atoms with E-state index in [1.807, 2.05) is 0 Å². The van der Waals surface area contributed by atoms with E-state index in [2.05, 4.69) is 15.3 Å². The number of aromatic nitrogens is 2. The van der Waals surface area contributed by atoms with E-state index >= 15 is 0 Å². The number of amides is 1. The molecule has 1 amide bonds. The topological polar surface area (TPSA) is 81.2 Å². The summed E-state index contributed by atoms with van der Waals surface area (Å²) in [6.45, 7) is 1.80. The maximum atomic E-state index is 13.1. The maximum Gasteiger partial charge on any atom is 0.417 e. The van der Waals surface area contributed by atoms with Crippen LogP contribution >= 0.6 is 11.6 Å². The molecule has 10 heteroatoms. The summed E-state index contributed by atoms with van der Waals surface area (Å²) in [5.41, 5.74) is 0.729. The van der Waals surface area contributed by atoms with Crippen LogP contribution in [0.2, 0.25) is 5.02 Å². The van der Waals surface area contributed by atoms with Crippen molar-refractivity contribution < 1.29 is 27.5 Å². The third kappa shape index (κ3) is 6.57. The maximum absolute atomic E-state index is 13.1. The number of ether oxygens (including phenoxy) is 1. The van der Waals surface area contributed by atoms with E-state index in [0.29, 0.717) is 17.1 Å². The number of carbonyl (C=O) groups is 2. The van der Waals surface area contributed by atoms with E-state index in [-0.39, 0.29) is 41.9 Å². The Balaban J connectivity index is 1.39. The minimum atomic E-state index is -4.59. The molecule has 1 aliphatic rings.